The minimum absolute atomic E-state index is 0.0232. The summed E-state index contributed by atoms with van der Waals surface area (Å²) < 4.78 is 0. The number of nitrogens with zero attached hydrogens (tertiary/aromatic N) is 3. The fraction of sp³-hybridized carbons (Fsp3) is 0.333. The van der Waals surface area contributed by atoms with Gasteiger partial charge in [-0.2, -0.15) is 0 Å². The third-order valence-electron chi connectivity index (χ3n) is 5.96. The minimum Gasteiger partial charge on any atom is -0.387 e. The molecule has 0 aliphatic carbocycles. The van der Waals surface area contributed by atoms with Gasteiger partial charge in [-0.05, 0) is 59.8 Å². The molecule has 1 amide bonds. The van der Waals surface area contributed by atoms with E-state index in [-0.39, 0.29) is 11.9 Å². The zero-order valence-corrected chi connectivity index (χ0v) is 18.2. The van der Waals surface area contributed by atoms with Gasteiger partial charge in [-0.25, -0.2) is 0 Å². The van der Waals surface area contributed by atoms with Gasteiger partial charge in [-0.15, -0.1) is 11.8 Å². The van der Waals surface area contributed by atoms with E-state index in [1.54, 1.807) is 36.3 Å². The van der Waals surface area contributed by atoms with E-state index in [2.05, 4.69) is 53.4 Å². The van der Waals surface area contributed by atoms with Gasteiger partial charge in [-0.1, -0.05) is 18.2 Å². The highest BCUT2D eigenvalue weighted by molar-refractivity contribution is 7.98. The number of thioether (sulfide) groups is 1. The van der Waals surface area contributed by atoms with Crippen LogP contribution < -0.4 is 0 Å². The number of amides is 1. The van der Waals surface area contributed by atoms with Crippen molar-refractivity contribution >= 4 is 28.4 Å². The van der Waals surface area contributed by atoms with Gasteiger partial charge in [-0.3, -0.25) is 14.7 Å². The Bertz CT molecular complexity index is 1020. The Labute approximate surface area is 181 Å². The first-order valence-corrected chi connectivity index (χ1v) is 11.5. The van der Waals surface area contributed by atoms with Gasteiger partial charge in [0.15, 0.2) is 0 Å². The topological polar surface area (TPSA) is 56.7 Å². The number of hydrogen-bond donors (Lipinski definition) is 1. The maximum atomic E-state index is 12.6. The number of carbonyl (C=O) groups is 1. The highest BCUT2D eigenvalue weighted by atomic mass is 32.2. The Morgan fingerprint density at radius 2 is 1.80 bits per heavy atom. The van der Waals surface area contributed by atoms with Gasteiger partial charge in [0.25, 0.3) is 5.91 Å². The SMILES string of the molecule is CSc1ccc2cc(C(O)C(C)N3CCN(C(=O)c4cccnc4)CC3)ccc2c1. The number of benzene rings is 2. The van der Waals surface area contributed by atoms with Crippen LogP contribution in [0.1, 0.15) is 28.9 Å². The highest BCUT2D eigenvalue weighted by Gasteiger charge is 2.28. The summed E-state index contributed by atoms with van der Waals surface area (Å²) in [5, 5.41) is 13.4. The van der Waals surface area contributed by atoms with Gasteiger partial charge >= 0.3 is 0 Å². The molecule has 156 valence electrons. The zero-order chi connectivity index (χ0) is 21.1. The van der Waals surface area contributed by atoms with Crippen molar-refractivity contribution in [1.29, 1.82) is 0 Å². The Balaban J connectivity index is 1.40. The Morgan fingerprint density at radius 1 is 1.07 bits per heavy atom. The lowest BCUT2D eigenvalue weighted by atomic mass is 9.98. The van der Waals surface area contributed by atoms with Crippen LogP contribution in [-0.4, -0.2) is 64.3 Å². The number of aliphatic hydroxyl groups excluding tert-OH is 1. The van der Waals surface area contributed by atoms with Crippen molar-refractivity contribution in [3.8, 4) is 0 Å². The van der Waals surface area contributed by atoms with E-state index in [9.17, 15) is 9.90 Å². The second-order valence-electron chi connectivity index (χ2n) is 7.73. The molecule has 4 rings (SSSR count). The fourth-order valence-electron chi connectivity index (χ4n) is 4.04. The van der Waals surface area contributed by atoms with Gasteiger partial charge in [0, 0.05) is 49.5 Å². The average molecular weight is 422 g/mol. The van der Waals surface area contributed by atoms with Crippen LogP contribution in [0.3, 0.4) is 0 Å². The van der Waals surface area contributed by atoms with Gasteiger partial charge in [0.1, 0.15) is 0 Å². The number of aliphatic hydroxyl groups is 1. The fourth-order valence-corrected chi connectivity index (χ4v) is 4.48. The number of carbonyl (C=O) groups excluding carboxylic acids is 1. The van der Waals surface area contributed by atoms with Gasteiger partial charge in [0.2, 0.25) is 0 Å². The third-order valence-corrected chi connectivity index (χ3v) is 6.68. The van der Waals surface area contributed by atoms with Gasteiger partial charge < -0.3 is 10.0 Å². The van der Waals surface area contributed by atoms with E-state index in [4.69, 9.17) is 0 Å². The lowest BCUT2D eigenvalue weighted by molar-refractivity contribution is 0.0245. The first-order chi connectivity index (χ1) is 14.6. The van der Waals surface area contributed by atoms with Crippen LogP contribution in [0, 0.1) is 0 Å². The second kappa shape index (κ2) is 9.16. The van der Waals surface area contributed by atoms with E-state index >= 15 is 0 Å². The number of aromatic nitrogens is 1. The van der Waals surface area contributed by atoms with Crippen LogP contribution in [0.2, 0.25) is 0 Å². The summed E-state index contributed by atoms with van der Waals surface area (Å²) >= 11 is 1.73. The van der Waals surface area contributed by atoms with Crippen LogP contribution in [0.5, 0.6) is 0 Å². The normalized spacial score (nSPS) is 17.1. The first-order valence-electron chi connectivity index (χ1n) is 10.3. The molecule has 5 nitrogen and oxygen atoms in total. The van der Waals surface area contributed by atoms with E-state index < -0.39 is 6.10 Å². The molecule has 1 N–H and O–H groups in total. The molecule has 0 radical (unpaired) electrons. The quantitative estimate of drug-likeness (QED) is 0.635. The van der Waals surface area contributed by atoms with Crippen LogP contribution in [-0.2, 0) is 0 Å². The number of piperazine rings is 1. The first kappa shape index (κ1) is 20.8. The number of fused-ring (bicyclic) bond motifs is 1. The van der Waals surface area contributed by atoms with Crippen molar-refractivity contribution in [3.05, 3.63) is 72.1 Å². The summed E-state index contributed by atoms with van der Waals surface area (Å²) in [6.07, 6.45) is 4.79. The monoisotopic (exact) mass is 421 g/mol. The molecule has 1 saturated heterocycles. The molecule has 3 aromatic rings. The summed E-state index contributed by atoms with van der Waals surface area (Å²) in [4.78, 5) is 22.0. The molecule has 0 bridgehead atoms. The third kappa shape index (κ3) is 4.36. The predicted molar refractivity (Wildman–Crippen MR) is 122 cm³/mol. The standard InChI is InChI=1S/C24H27N3O2S/c1-17(23(28)20-6-5-19-15-22(30-2)8-7-18(19)14-20)26-10-12-27(13-11-26)24(29)21-4-3-9-25-16-21/h3-9,14-17,23,28H,10-13H2,1-2H3. The molecule has 1 aromatic heterocycles. The molecule has 2 unspecified atom stereocenters. The van der Waals surface area contributed by atoms with Crippen molar-refractivity contribution in [2.75, 3.05) is 32.4 Å². The minimum atomic E-state index is -0.574. The molecule has 2 atom stereocenters. The maximum absolute atomic E-state index is 12.6. The molecular formula is C24H27N3O2S. The van der Waals surface area contributed by atoms with E-state index in [0.29, 0.717) is 18.7 Å². The predicted octanol–water partition coefficient (Wildman–Crippen LogP) is 3.84. The molecule has 2 aromatic carbocycles. The second-order valence-corrected chi connectivity index (χ2v) is 8.61. The summed E-state index contributed by atoms with van der Waals surface area (Å²) in [5.74, 6) is 0.0232. The van der Waals surface area contributed by atoms with Crippen molar-refractivity contribution in [2.24, 2.45) is 0 Å². The molecule has 1 fully saturated rings. The molecule has 0 spiro atoms. The largest absolute Gasteiger partial charge is 0.387 e. The molecule has 0 saturated carbocycles. The number of hydrogen-bond acceptors (Lipinski definition) is 5. The van der Waals surface area contributed by atoms with Crippen LogP contribution in [0.25, 0.3) is 10.8 Å². The Hall–Kier alpha value is -2.41. The van der Waals surface area contributed by atoms with E-state index in [1.165, 1.54) is 10.3 Å². The van der Waals surface area contributed by atoms with Crippen LogP contribution in [0.15, 0.2) is 65.8 Å². The van der Waals surface area contributed by atoms with Crippen molar-refractivity contribution < 1.29 is 9.90 Å². The van der Waals surface area contributed by atoms with Gasteiger partial charge in [0.05, 0.1) is 11.7 Å². The smallest absolute Gasteiger partial charge is 0.255 e. The van der Waals surface area contributed by atoms with Crippen molar-refractivity contribution in [1.82, 2.24) is 14.8 Å². The van der Waals surface area contributed by atoms with E-state index in [1.807, 2.05) is 11.0 Å². The number of rotatable bonds is 5. The molecule has 30 heavy (non-hydrogen) atoms. The molecule has 1 aliphatic rings. The molecule has 1 aliphatic heterocycles. The molecule has 6 heteroatoms. The van der Waals surface area contributed by atoms with Crippen LogP contribution in [0.4, 0.5) is 0 Å². The Morgan fingerprint density at radius 3 is 2.50 bits per heavy atom. The summed E-state index contributed by atoms with van der Waals surface area (Å²) in [6, 6.07) is 16.2. The summed E-state index contributed by atoms with van der Waals surface area (Å²) in [6.45, 7) is 4.86. The summed E-state index contributed by atoms with van der Waals surface area (Å²) in [7, 11) is 0. The lowest BCUT2D eigenvalue weighted by Gasteiger charge is -2.39. The summed E-state index contributed by atoms with van der Waals surface area (Å²) in [5.41, 5.74) is 1.56. The highest BCUT2D eigenvalue weighted by Crippen LogP contribution is 2.28. The van der Waals surface area contributed by atoms with Crippen molar-refractivity contribution in [2.45, 2.75) is 24.0 Å². The maximum Gasteiger partial charge on any atom is 0.255 e. The Kier molecular flexibility index (Phi) is 6.37. The molecule has 2 heterocycles. The molecular weight excluding hydrogens is 394 g/mol. The number of pyridine rings is 1. The van der Waals surface area contributed by atoms with E-state index in [0.717, 1.165) is 24.0 Å². The van der Waals surface area contributed by atoms with Crippen molar-refractivity contribution in [3.63, 3.8) is 0 Å². The zero-order valence-electron chi connectivity index (χ0n) is 17.4. The lowest BCUT2D eigenvalue weighted by Crippen LogP contribution is -2.52. The average Bonchev–Trinajstić information content (AvgIpc) is 2.82. The van der Waals surface area contributed by atoms with Crippen LogP contribution >= 0.6 is 11.8 Å².